The minimum atomic E-state index is -3.16. The molecule has 10 heteroatoms. The number of anilines is 1. The number of nitrogens with zero attached hydrogens (tertiary/aromatic N) is 5. The molecule has 0 saturated carbocycles. The molecule has 0 unspecified atom stereocenters. The summed E-state index contributed by atoms with van der Waals surface area (Å²) in [5.74, 6) is 0.806. The van der Waals surface area contributed by atoms with Crippen molar-refractivity contribution in [2.24, 2.45) is 0 Å². The number of rotatable bonds is 3. The molecule has 0 radical (unpaired) electrons. The summed E-state index contributed by atoms with van der Waals surface area (Å²) in [6.07, 6.45) is 2.78. The molecule has 3 heterocycles. The van der Waals surface area contributed by atoms with Gasteiger partial charge in [0.1, 0.15) is 22.2 Å². The van der Waals surface area contributed by atoms with Crippen LogP contribution in [0.3, 0.4) is 0 Å². The first-order chi connectivity index (χ1) is 12.4. The van der Waals surface area contributed by atoms with Gasteiger partial charge in [-0.25, -0.2) is 18.4 Å². The van der Waals surface area contributed by atoms with Gasteiger partial charge in [-0.2, -0.15) is 8.68 Å². The molecule has 1 aliphatic heterocycles. The molecule has 0 atom stereocenters. The topological polar surface area (TPSA) is 79.3 Å². The van der Waals surface area contributed by atoms with Gasteiger partial charge in [0, 0.05) is 36.8 Å². The normalized spacial score (nSPS) is 16.3. The molecule has 1 aromatic carbocycles. The fourth-order valence-electron chi connectivity index (χ4n) is 3.01. The van der Waals surface area contributed by atoms with Crippen molar-refractivity contribution in [3.8, 4) is 11.3 Å². The van der Waals surface area contributed by atoms with Crippen LogP contribution < -0.4 is 4.90 Å². The van der Waals surface area contributed by atoms with Gasteiger partial charge in [0.15, 0.2) is 5.82 Å². The molecule has 1 fully saturated rings. The minimum absolute atomic E-state index is 0.452. The predicted octanol–water partition coefficient (Wildman–Crippen LogP) is 2.49. The number of sulfonamides is 1. The number of hydrogen-bond acceptors (Lipinski definition) is 7. The van der Waals surface area contributed by atoms with Crippen molar-refractivity contribution >= 4 is 49.2 Å². The Bertz CT molecular complexity index is 1040. The summed E-state index contributed by atoms with van der Waals surface area (Å²) in [5, 5.41) is 0.673. The Balaban J connectivity index is 1.67. The smallest absolute Gasteiger partial charge is 0.211 e. The number of halogens is 1. The molecule has 3 aromatic rings. The van der Waals surface area contributed by atoms with Crippen LogP contribution in [0.5, 0.6) is 0 Å². The molecule has 0 N–H and O–H groups in total. The van der Waals surface area contributed by atoms with Crippen LogP contribution in [-0.2, 0) is 10.0 Å². The van der Waals surface area contributed by atoms with Crippen LogP contribution in [-0.4, -0.2) is 59.5 Å². The molecular formula is C16H16ClN5O2S2. The third-order valence-corrected chi connectivity index (χ3v) is 6.75. The summed E-state index contributed by atoms with van der Waals surface area (Å²) in [7, 11) is -3.16. The van der Waals surface area contributed by atoms with Gasteiger partial charge in [0.2, 0.25) is 10.0 Å². The predicted molar refractivity (Wildman–Crippen MR) is 104 cm³/mol. The first-order valence-corrected chi connectivity index (χ1v) is 11.0. The Hall–Kier alpha value is -1.81. The van der Waals surface area contributed by atoms with E-state index in [0.717, 1.165) is 27.3 Å². The maximum Gasteiger partial charge on any atom is 0.211 e. The molecule has 7 nitrogen and oxygen atoms in total. The summed E-state index contributed by atoms with van der Waals surface area (Å²) >= 11 is 7.32. The Morgan fingerprint density at radius 2 is 1.77 bits per heavy atom. The average Bonchev–Trinajstić information content (AvgIpc) is 3.06. The van der Waals surface area contributed by atoms with E-state index in [4.69, 9.17) is 11.6 Å². The van der Waals surface area contributed by atoms with Gasteiger partial charge in [0.05, 0.1) is 6.26 Å². The summed E-state index contributed by atoms with van der Waals surface area (Å²) in [6, 6.07) is 7.50. The van der Waals surface area contributed by atoms with E-state index in [2.05, 4.69) is 19.2 Å². The van der Waals surface area contributed by atoms with E-state index in [0.29, 0.717) is 31.2 Å². The van der Waals surface area contributed by atoms with E-state index in [1.807, 2.05) is 24.3 Å². The number of fused-ring (bicyclic) bond motifs is 1. The van der Waals surface area contributed by atoms with E-state index in [-0.39, 0.29) is 0 Å². The van der Waals surface area contributed by atoms with Crippen LogP contribution >= 0.6 is 23.1 Å². The van der Waals surface area contributed by atoms with Crippen LogP contribution in [0.2, 0.25) is 5.02 Å². The SMILES string of the molecule is CS(=O)(=O)N1CCN(c2ncnc3c(-c4ccc(Cl)cc4)nsc23)CC1. The molecule has 1 aliphatic rings. The van der Waals surface area contributed by atoms with Crippen molar-refractivity contribution in [1.29, 1.82) is 0 Å². The van der Waals surface area contributed by atoms with Crippen molar-refractivity contribution in [1.82, 2.24) is 18.6 Å². The van der Waals surface area contributed by atoms with Crippen LogP contribution in [0.1, 0.15) is 0 Å². The second-order valence-corrected chi connectivity index (χ2v) is 9.25. The highest BCUT2D eigenvalue weighted by Crippen LogP contribution is 2.34. The highest BCUT2D eigenvalue weighted by Gasteiger charge is 2.26. The molecule has 0 spiro atoms. The van der Waals surface area contributed by atoms with Crippen LogP contribution in [0.15, 0.2) is 30.6 Å². The molecular weight excluding hydrogens is 394 g/mol. The van der Waals surface area contributed by atoms with Gasteiger partial charge < -0.3 is 4.90 Å². The Morgan fingerprint density at radius 1 is 1.08 bits per heavy atom. The standard InChI is InChI=1S/C16H16ClN5O2S2/c1-26(23,24)22-8-6-21(7-9-22)16-15-14(18-10-19-16)13(20-25-15)11-2-4-12(17)5-3-11/h2-5,10H,6-9H2,1H3. The zero-order chi connectivity index (χ0) is 18.3. The molecule has 0 aliphatic carbocycles. The van der Waals surface area contributed by atoms with Crippen LogP contribution in [0.25, 0.3) is 21.5 Å². The lowest BCUT2D eigenvalue weighted by atomic mass is 10.1. The van der Waals surface area contributed by atoms with Crippen LogP contribution in [0.4, 0.5) is 5.82 Å². The molecule has 0 bridgehead atoms. The second kappa shape index (κ2) is 6.73. The second-order valence-electron chi connectivity index (χ2n) is 6.06. The fraction of sp³-hybridized carbons (Fsp3) is 0.312. The van der Waals surface area contributed by atoms with Gasteiger partial charge in [-0.15, -0.1) is 0 Å². The lowest BCUT2D eigenvalue weighted by Crippen LogP contribution is -2.48. The van der Waals surface area contributed by atoms with Gasteiger partial charge >= 0.3 is 0 Å². The van der Waals surface area contributed by atoms with Crippen molar-refractivity contribution in [3.05, 3.63) is 35.6 Å². The van der Waals surface area contributed by atoms with Gasteiger partial charge in [0.25, 0.3) is 0 Å². The fourth-order valence-corrected chi connectivity index (χ4v) is 4.83. The highest BCUT2D eigenvalue weighted by molar-refractivity contribution is 7.88. The first kappa shape index (κ1) is 17.6. The third kappa shape index (κ3) is 3.27. The van der Waals surface area contributed by atoms with Gasteiger partial charge in [-0.05, 0) is 23.7 Å². The molecule has 26 heavy (non-hydrogen) atoms. The van der Waals surface area contributed by atoms with Crippen molar-refractivity contribution in [3.63, 3.8) is 0 Å². The quantitative estimate of drug-likeness (QED) is 0.661. The summed E-state index contributed by atoms with van der Waals surface area (Å²) < 4.78 is 30.4. The molecule has 2 aromatic heterocycles. The largest absolute Gasteiger partial charge is 0.353 e. The van der Waals surface area contributed by atoms with E-state index in [9.17, 15) is 8.42 Å². The van der Waals surface area contributed by atoms with E-state index >= 15 is 0 Å². The summed E-state index contributed by atoms with van der Waals surface area (Å²) in [6.45, 7) is 2.08. The average molecular weight is 410 g/mol. The Labute approximate surface area is 160 Å². The number of piperazine rings is 1. The van der Waals surface area contributed by atoms with Gasteiger partial charge in [-0.1, -0.05) is 23.7 Å². The van der Waals surface area contributed by atoms with Crippen molar-refractivity contribution < 1.29 is 8.42 Å². The molecule has 0 amide bonds. The lowest BCUT2D eigenvalue weighted by Gasteiger charge is -2.33. The third-order valence-electron chi connectivity index (χ3n) is 4.36. The molecule has 136 valence electrons. The van der Waals surface area contributed by atoms with E-state index in [1.165, 1.54) is 28.4 Å². The summed E-state index contributed by atoms with van der Waals surface area (Å²) in [4.78, 5) is 10.9. The number of hydrogen-bond donors (Lipinski definition) is 0. The highest BCUT2D eigenvalue weighted by atomic mass is 35.5. The van der Waals surface area contributed by atoms with E-state index < -0.39 is 10.0 Å². The maximum absolute atomic E-state index is 11.7. The monoisotopic (exact) mass is 409 g/mol. The maximum atomic E-state index is 11.7. The summed E-state index contributed by atoms with van der Waals surface area (Å²) in [5.41, 5.74) is 2.56. The van der Waals surface area contributed by atoms with Gasteiger partial charge in [-0.3, -0.25) is 0 Å². The zero-order valence-electron chi connectivity index (χ0n) is 14.0. The molecule has 1 saturated heterocycles. The Kier molecular flexibility index (Phi) is 4.55. The zero-order valence-corrected chi connectivity index (χ0v) is 16.4. The first-order valence-electron chi connectivity index (χ1n) is 8.00. The van der Waals surface area contributed by atoms with Crippen molar-refractivity contribution in [2.75, 3.05) is 37.3 Å². The van der Waals surface area contributed by atoms with E-state index in [1.54, 1.807) is 0 Å². The van der Waals surface area contributed by atoms with Crippen LogP contribution in [0, 0.1) is 0 Å². The minimum Gasteiger partial charge on any atom is -0.353 e. The van der Waals surface area contributed by atoms with Crippen molar-refractivity contribution in [2.45, 2.75) is 0 Å². The number of benzene rings is 1. The Morgan fingerprint density at radius 3 is 2.42 bits per heavy atom. The molecule has 4 rings (SSSR count). The number of aromatic nitrogens is 3. The lowest BCUT2D eigenvalue weighted by molar-refractivity contribution is 0.387.